The molecular formula is C30H40N8O10S. The molecule has 0 aliphatic heterocycles. The van der Waals surface area contributed by atoms with Gasteiger partial charge >= 0.3 is 5.69 Å². The predicted molar refractivity (Wildman–Crippen MR) is 179 cm³/mol. The Morgan fingerprint density at radius 1 is 0.857 bits per heavy atom. The molecule has 0 radical (unpaired) electrons. The van der Waals surface area contributed by atoms with Gasteiger partial charge in [0, 0.05) is 18.2 Å². The number of carbonyl (C=O) groups excluding carboxylic acids is 6. The third kappa shape index (κ3) is 12.0. The van der Waals surface area contributed by atoms with Gasteiger partial charge in [-0.25, -0.2) is 0 Å². The summed E-state index contributed by atoms with van der Waals surface area (Å²) in [7, 11) is 0. The lowest BCUT2D eigenvalue weighted by atomic mass is 10.0. The molecule has 2 rings (SSSR count). The van der Waals surface area contributed by atoms with Gasteiger partial charge in [0.1, 0.15) is 30.2 Å². The van der Waals surface area contributed by atoms with Gasteiger partial charge in [-0.2, -0.15) is 11.8 Å². The molecule has 0 aliphatic carbocycles. The highest BCUT2D eigenvalue weighted by Crippen LogP contribution is 2.26. The van der Waals surface area contributed by atoms with Crippen LogP contribution in [0.4, 0.5) is 11.4 Å². The first-order valence-electron chi connectivity index (χ1n) is 14.8. The fourth-order valence-electron chi connectivity index (χ4n) is 4.29. The molecule has 11 N–H and O–H groups in total. The summed E-state index contributed by atoms with van der Waals surface area (Å²) in [5.74, 6) is -5.10. The van der Waals surface area contributed by atoms with Gasteiger partial charge in [-0.3, -0.25) is 38.9 Å². The van der Waals surface area contributed by atoms with Crippen molar-refractivity contribution in [1.29, 1.82) is 0 Å². The van der Waals surface area contributed by atoms with Gasteiger partial charge in [0.15, 0.2) is 5.75 Å². The van der Waals surface area contributed by atoms with Crippen molar-refractivity contribution in [2.75, 3.05) is 24.3 Å². The molecule has 5 atom stereocenters. The van der Waals surface area contributed by atoms with Gasteiger partial charge in [-0.1, -0.05) is 18.2 Å². The number of nitrogens with zero attached hydrogens (tertiary/aromatic N) is 1. The molecule has 2 aromatic rings. The lowest BCUT2D eigenvalue weighted by molar-refractivity contribution is -0.385. The quantitative estimate of drug-likeness (QED) is 0.0483. The normalized spacial score (nSPS) is 13.8. The maximum Gasteiger partial charge on any atom is 0.310 e. The Kier molecular flexibility index (Phi) is 15.2. The molecule has 0 spiro atoms. The Hall–Kier alpha value is -5.43. The summed E-state index contributed by atoms with van der Waals surface area (Å²) in [4.78, 5) is 86.7. The smallest absolute Gasteiger partial charge is 0.310 e. The number of phenolic OH excluding ortho intramolecular Hbond substituents is 1. The van der Waals surface area contributed by atoms with Gasteiger partial charge in [0.05, 0.1) is 17.1 Å². The minimum atomic E-state index is -1.42. The van der Waals surface area contributed by atoms with Crippen LogP contribution in [0.1, 0.15) is 36.2 Å². The number of hydrogen-bond donors (Lipinski definition) is 9. The number of nitrogens with two attached hydrogens (primary N) is 2. The zero-order chi connectivity index (χ0) is 36.8. The van der Waals surface area contributed by atoms with E-state index >= 15 is 0 Å². The lowest BCUT2D eigenvalue weighted by Crippen LogP contribution is -2.58. The van der Waals surface area contributed by atoms with Crippen molar-refractivity contribution in [3.05, 3.63) is 63.7 Å². The number of aromatic hydroxyl groups is 1. The molecule has 0 aromatic heterocycles. The number of nitrogen functional groups attached to an aromatic ring is 1. The van der Waals surface area contributed by atoms with E-state index in [9.17, 15) is 49.1 Å². The Morgan fingerprint density at radius 3 is 2.00 bits per heavy atom. The third-order valence-electron chi connectivity index (χ3n) is 7.09. The summed E-state index contributed by atoms with van der Waals surface area (Å²) in [6.07, 6.45) is 1.64. The van der Waals surface area contributed by atoms with E-state index in [-0.39, 0.29) is 29.7 Å². The Morgan fingerprint density at radius 2 is 1.43 bits per heavy atom. The number of aliphatic hydroxyl groups excluding tert-OH is 1. The highest BCUT2D eigenvalue weighted by molar-refractivity contribution is 7.98. The summed E-state index contributed by atoms with van der Waals surface area (Å²) < 4.78 is 0. The molecule has 0 saturated carbocycles. The molecule has 266 valence electrons. The Bertz CT molecular complexity index is 1560. The number of nitro benzene ring substituents is 1. The van der Waals surface area contributed by atoms with E-state index in [0.717, 1.165) is 12.1 Å². The van der Waals surface area contributed by atoms with Crippen molar-refractivity contribution in [3.63, 3.8) is 0 Å². The van der Waals surface area contributed by atoms with E-state index < -0.39 is 88.6 Å². The number of phenols is 1. The summed E-state index contributed by atoms with van der Waals surface area (Å²) >= 11 is 1.37. The van der Waals surface area contributed by atoms with Crippen LogP contribution in [0.3, 0.4) is 0 Å². The predicted octanol–water partition coefficient (Wildman–Crippen LogP) is -1.57. The number of hydrogen-bond acceptors (Lipinski definition) is 12. The number of nitrogens with one attached hydrogen (secondary N) is 5. The van der Waals surface area contributed by atoms with Crippen molar-refractivity contribution in [2.24, 2.45) is 5.73 Å². The maximum absolute atomic E-state index is 13.2. The van der Waals surface area contributed by atoms with Gasteiger partial charge in [-0.05, 0) is 56.0 Å². The van der Waals surface area contributed by atoms with Crippen LogP contribution in [0, 0.1) is 10.1 Å². The molecule has 0 bridgehead atoms. The van der Waals surface area contributed by atoms with Crippen LogP contribution in [0.5, 0.6) is 5.75 Å². The van der Waals surface area contributed by atoms with Crippen LogP contribution in [0.2, 0.25) is 0 Å². The van der Waals surface area contributed by atoms with Gasteiger partial charge < -0.3 is 48.3 Å². The topological polar surface area (TPSA) is 298 Å². The SMILES string of the molecule is CSCC[C@H](NC(=O)[C@H](C)NC(=O)[C@H](C)NC(=O)[C@H](CO)NC(=O)c1ccccc1N)C(=O)N[C@@H](Cc1ccc(O)c([N+](=O)[O-])c1)C(N)=O. The monoisotopic (exact) mass is 704 g/mol. The molecule has 6 amide bonds. The number of para-hydroxylation sites is 1. The van der Waals surface area contributed by atoms with Gasteiger partial charge in [0.25, 0.3) is 5.91 Å². The van der Waals surface area contributed by atoms with Crippen molar-refractivity contribution in [2.45, 2.75) is 56.9 Å². The fourth-order valence-corrected chi connectivity index (χ4v) is 4.76. The zero-order valence-corrected chi connectivity index (χ0v) is 27.7. The van der Waals surface area contributed by atoms with E-state index in [1.165, 1.54) is 43.8 Å². The standard InChI is InChI=1S/C30H40N8O10S/c1-15(34-30(46)22(14-39)37-28(44)18-6-4-5-7-19(18)31)26(42)33-16(2)27(43)35-20(10-11-49-3)29(45)36-21(25(32)41)12-17-8-9-24(40)23(13-17)38(47)48/h4-9,13,15-16,20-22,39-40H,10-12,14,31H2,1-3H3,(H2,32,41)(H,33,42)(H,34,46)(H,35,43)(H,36,45)(H,37,44)/t15-,16-,20-,21-,22-/m0/s1. The highest BCUT2D eigenvalue weighted by atomic mass is 32.2. The van der Waals surface area contributed by atoms with Crippen LogP contribution in [-0.2, 0) is 30.4 Å². The summed E-state index contributed by atoms with van der Waals surface area (Å²) in [5, 5.41) is 42.6. The number of rotatable bonds is 18. The van der Waals surface area contributed by atoms with Crippen LogP contribution >= 0.6 is 11.8 Å². The third-order valence-corrected chi connectivity index (χ3v) is 7.74. The fraction of sp³-hybridized carbons (Fsp3) is 0.400. The molecule has 49 heavy (non-hydrogen) atoms. The molecule has 0 saturated heterocycles. The van der Waals surface area contributed by atoms with Crippen LogP contribution < -0.4 is 38.1 Å². The first-order chi connectivity index (χ1) is 23.1. The summed E-state index contributed by atoms with van der Waals surface area (Å²) in [6, 6.07) is 3.16. The largest absolute Gasteiger partial charge is 0.502 e. The van der Waals surface area contributed by atoms with Crippen molar-refractivity contribution in [3.8, 4) is 5.75 Å². The zero-order valence-electron chi connectivity index (χ0n) is 26.9. The average molecular weight is 705 g/mol. The van der Waals surface area contributed by atoms with E-state index in [0.29, 0.717) is 5.75 Å². The van der Waals surface area contributed by atoms with E-state index in [2.05, 4.69) is 26.6 Å². The molecule has 19 heteroatoms. The maximum atomic E-state index is 13.2. The molecule has 2 aromatic carbocycles. The number of carbonyl (C=O) groups is 6. The number of amides is 6. The minimum absolute atomic E-state index is 0.0812. The van der Waals surface area contributed by atoms with Gasteiger partial charge in [-0.15, -0.1) is 0 Å². The molecule has 0 unspecified atom stereocenters. The number of benzene rings is 2. The second-order valence-corrected chi connectivity index (χ2v) is 11.8. The number of thioether (sulfide) groups is 1. The first kappa shape index (κ1) is 39.7. The molecule has 0 fully saturated rings. The highest BCUT2D eigenvalue weighted by Gasteiger charge is 2.30. The van der Waals surface area contributed by atoms with Crippen LogP contribution in [0.15, 0.2) is 42.5 Å². The summed E-state index contributed by atoms with van der Waals surface area (Å²) in [5.41, 5.74) is 11.1. The minimum Gasteiger partial charge on any atom is -0.502 e. The van der Waals surface area contributed by atoms with E-state index in [4.69, 9.17) is 11.5 Å². The Balaban J connectivity index is 2.02. The van der Waals surface area contributed by atoms with Crippen LogP contribution in [-0.4, -0.2) is 99.4 Å². The number of primary amides is 1. The van der Waals surface area contributed by atoms with Crippen molar-refractivity contribution < 1.29 is 43.9 Å². The van der Waals surface area contributed by atoms with E-state index in [1.807, 2.05) is 0 Å². The van der Waals surface area contributed by atoms with Gasteiger partial charge in [0.2, 0.25) is 29.5 Å². The average Bonchev–Trinajstić information content (AvgIpc) is 3.05. The second-order valence-electron chi connectivity index (χ2n) is 10.8. The molecule has 18 nitrogen and oxygen atoms in total. The van der Waals surface area contributed by atoms with Crippen molar-refractivity contribution in [1.82, 2.24) is 26.6 Å². The lowest BCUT2D eigenvalue weighted by Gasteiger charge is -2.24. The second kappa shape index (κ2) is 18.8. The van der Waals surface area contributed by atoms with Crippen LogP contribution in [0.25, 0.3) is 0 Å². The van der Waals surface area contributed by atoms with Crippen molar-refractivity contribution >= 4 is 58.6 Å². The van der Waals surface area contributed by atoms with E-state index in [1.54, 1.807) is 18.4 Å². The number of aliphatic hydroxyl groups is 1. The molecule has 0 heterocycles. The first-order valence-corrected chi connectivity index (χ1v) is 16.2. The molecular weight excluding hydrogens is 664 g/mol. The Labute approximate surface area is 285 Å². The summed E-state index contributed by atoms with van der Waals surface area (Å²) in [6.45, 7) is 1.85. The molecule has 0 aliphatic rings. The number of anilines is 1. The number of nitro groups is 1.